The molecule has 23 heteroatoms. The van der Waals surface area contributed by atoms with E-state index in [1.807, 2.05) is 37.7 Å². The average molecular weight is 1160 g/mol. The lowest BCUT2D eigenvalue weighted by Crippen LogP contribution is -2.61. The molecule has 80 heavy (non-hydrogen) atoms. The Balaban J connectivity index is 1.23. The van der Waals surface area contributed by atoms with Gasteiger partial charge < -0.3 is 73.2 Å². The monoisotopic (exact) mass is 1160 g/mol. The number of ether oxygens (including phenoxy) is 8. The van der Waals surface area contributed by atoms with Crippen molar-refractivity contribution in [2.24, 2.45) is 23.7 Å². The molecule has 4 aliphatic heterocycles. The maximum absolute atomic E-state index is 15.0. The van der Waals surface area contributed by atoms with Gasteiger partial charge in [-0.2, -0.15) is 0 Å². The molecule has 21 nitrogen and oxygen atoms in total. The number of halogens is 1. The van der Waals surface area contributed by atoms with E-state index in [9.17, 15) is 38.7 Å². The van der Waals surface area contributed by atoms with Crippen LogP contribution in [-0.2, 0) is 58.9 Å². The molecule has 1 aromatic carbocycles. The number of aliphatic hydroxyl groups is 5. The first kappa shape index (κ1) is 66.3. The van der Waals surface area contributed by atoms with Gasteiger partial charge in [-0.25, -0.2) is 17.5 Å². The molecule has 0 radical (unpaired) electrons. The summed E-state index contributed by atoms with van der Waals surface area (Å²) in [6.07, 6.45) is -7.18. The third kappa shape index (κ3) is 15.5. The minimum Gasteiger partial charge on any atom is -0.459 e. The zero-order chi connectivity index (χ0) is 59.2. The Hall–Kier alpha value is -2.85. The number of nitrogens with zero attached hydrogens (tertiary/aromatic N) is 5. The van der Waals surface area contributed by atoms with E-state index >= 15 is 4.39 Å². The van der Waals surface area contributed by atoms with Crippen molar-refractivity contribution in [1.82, 2.24) is 24.8 Å². The highest BCUT2D eigenvalue weighted by Gasteiger charge is 2.53. The maximum atomic E-state index is 15.0. The van der Waals surface area contributed by atoms with Crippen LogP contribution in [0.3, 0.4) is 0 Å². The summed E-state index contributed by atoms with van der Waals surface area (Å²) in [6, 6.07) is 4.30. The van der Waals surface area contributed by atoms with Gasteiger partial charge in [-0.3, -0.25) is 4.79 Å². The van der Waals surface area contributed by atoms with Crippen molar-refractivity contribution in [3.05, 3.63) is 41.7 Å². The van der Waals surface area contributed by atoms with Gasteiger partial charge in [0.2, 0.25) is 0 Å². The molecule has 0 amide bonds. The van der Waals surface area contributed by atoms with Crippen LogP contribution in [0.25, 0.3) is 0 Å². The number of cyclic esters (lactones) is 1. The summed E-state index contributed by atoms with van der Waals surface area (Å²) < 4.78 is 92.5. The molecule has 458 valence electrons. The van der Waals surface area contributed by atoms with Crippen molar-refractivity contribution in [3.8, 4) is 0 Å². The number of esters is 1. The first-order chi connectivity index (χ1) is 37.5. The molecule has 0 saturated carbocycles. The van der Waals surface area contributed by atoms with Gasteiger partial charge in [-0.1, -0.05) is 38.1 Å². The molecule has 4 aliphatic rings. The highest BCUT2D eigenvalue weighted by atomic mass is 32.2. The molecule has 0 spiro atoms. The van der Waals surface area contributed by atoms with Gasteiger partial charge in [0.15, 0.2) is 22.4 Å². The Morgan fingerprint density at radius 1 is 0.950 bits per heavy atom. The molecule has 4 saturated heterocycles. The van der Waals surface area contributed by atoms with E-state index in [-0.39, 0.29) is 41.7 Å². The van der Waals surface area contributed by atoms with Crippen molar-refractivity contribution >= 4 is 15.8 Å². The highest BCUT2D eigenvalue weighted by Crippen LogP contribution is 2.41. The molecule has 1 aromatic heterocycles. The molecule has 5 heterocycles. The van der Waals surface area contributed by atoms with Crippen LogP contribution in [0, 0.1) is 23.7 Å². The van der Waals surface area contributed by atoms with Crippen LogP contribution < -0.4 is 0 Å². The van der Waals surface area contributed by atoms with Gasteiger partial charge in [0.1, 0.15) is 48.8 Å². The molecular formula is C57H96FN5O16S. The summed E-state index contributed by atoms with van der Waals surface area (Å²) in [6.45, 7) is 18.3. The number of methoxy groups -OCH3 is 2. The van der Waals surface area contributed by atoms with Gasteiger partial charge in [0.05, 0.1) is 57.9 Å². The number of hydrogen-bond acceptors (Lipinski definition) is 20. The number of likely N-dealkylation sites (N-methyl/N-ethyl adjacent to an activating group) is 2. The van der Waals surface area contributed by atoms with Crippen molar-refractivity contribution in [3.63, 3.8) is 0 Å². The molecule has 5 N–H and O–H groups in total. The number of alkyl halides is 1. The molecular weight excluding hydrogens is 1060 g/mol. The Labute approximate surface area is 473 Å². The lowest BCUT2D eigenvalue weighted by molar-refractivity contribution is -0.318. The lowest BCUT2D eigenvalue weighted by Gasteiger charge is -2.49. The van der Waals surface area contributed by atoms with E-state index in [1.54, 1.807) is 66.8 Å². The van der Waals surface area contributed by atoms with Gasteiger partial charge in [0, 0.05) is 77.6 Å². The zero-order valence-electron chi connectivity index (χ0n) is 49.7. The number of hydrogen-bond donors (Lipinski definition) is 5. The molecule has 20 atom stereocenters. The summed E-state index contributed by atoms with van der Waals surface area (Å²) in [4.78, 5) is 18.6. The van der Waals surface area contributed by atoms with Crippen LogP contribution in [0.4, 0.5) is 4.39 Å². The van der Waals surface area contributed by atoms with Crippen LogP contribution in [0.2, 0.25) is 0 Å². The molecule has 0 unspecified atom stereocenters. The summed E-state index contributed by atoms with van der Waals surface area (Å²) in [7, 11) is 3.07. The number of aliphatic hydroxyl groups excluding tert-OH is 3. The standard InChI is InChI=1S/C57H96FN5O16S/c1-15-45-57(10,69)50(65)37(6)62(12)30-33(2)27-55(8,68)52(35(4)48(36(5)53(67)77-45)78-46-28-56(9,73-14)51(66)38(7)76-46)79-54-47(64)43(26-34(3)75-54)61(11)23-20-41-31-63(60-59-41)44(29-58)49(72-13)40-16-18-42(19-17-40)80(70,71)32-39-21-24-74-25-22-39/h16-19,31,33-39,43-52,54,64-66,68-69H,15,20-30,32H2,1-14H3/t33-,34-,35+,36-,37-,38+,43+,44-,45-,46+,47-,48+,49-,50-,51+,52-,54+,55-,56-,57-/m1/s1. The van der Waals surface area contributed by atoms with Crippen LogP contribution in [-0.4, -0.2) is 222 Å². The second kappa shape index (κ2) is 27.9. The molecule has 0 bridgehead atoms. The predicted molar refractivity (Wildman–Crippen MR) is 294 cm³/mol. The van der Waals surface area contributed by atoms with E-state index in [4.69, 9.17) is 37.9 Å². The van der Waals surface area contributed by atoms with Crippen LogP contribution >= 0.6 is 0 Å². The quantitative estimate of drug-likeness (QED) is 0.131. The number of carbonyl (C=O) groups is 1. The number of carbonyl (C=O) groups excluding carboxylic acids is 1. The molecule has 6 rings (SSSR count). The summed E-state index contributed by atoms with van der Waals surface area (Å²) >= 11 is 0. The summed E-state index contributed by atoms with van der Waals surface area (Å²) in [5.74, 6) is -2.89. The average Bonchev–Trinajstić information content (AvgIpc) is 3.93. The van der Waals surface area contributed by atoms with E-state index < -0.39 is 137 Å². The fraction of sp³-hybridized carbons (Fsp3) is 0.842. The minimum absolute atomic E-state index is 0.0253. The van der Waals surface area contributed by atoms with Crippen LogP contribution in [0.5, 0.6) is 0 Å². The van der Waals surface area contributed by atoms with Crippen molar-refractivity contribution in [2.75, 3.05) is 67.0 Å². The third-order valence-corrected chi connectivity index (χ3v) is 19.8. The minimum atomic E-state index is -3.55. The normalized spacial score (nSPS) is 38.8. The van der Waals surface area contributed by atoms with Gasteiger partial charge in [0.25, 0.3) is 0 Å². The Kier molecular flexibility index (Phi) is 23.1. The van der Waals surface area contributed by atoms with Crippen molar-refractivity contribution in [2.45, 2.75) is 222 Å². The zero-order valence-corrected chi connectivity index (χ0v) is 50.5. The number of aromatic nitrogens is 3. The maximum Gasteiger partial charge on any atom is 0.311 e. The van der Waals surface area contributed by atoms with E-state index in [0.29, 0.717) is 63.2 Å². The fourth-order valence-electron chi connectivity index (χ4n) is 12.7. The topological polar surface area (TPSA) is 263 Å². The van der Waals surface area contributed by atoms with Crippen molar-refractivity contribution < 1.29 is 81.0 Å². The number of benzene rings is 1. The van der Waals surface area contributed by atoms with Crippen LogP contribution in [0.1, 0.15) is 131 Å². The largest absolute Gasteiger partial charge is 0.459 e. The SMILES string of the molecule is CC[C@H]1OC(=O)[C@H](C)[C@@H](O[C@H]2C[C@@](C)(OC)[C@@H](O)[C@H](C)O2)[C@H](C)[C@@H](O[C@@H]2O[C@H](C)C[C@H](N(C)CCc3cn([C@H](CF)[C@H](OC)c4ccc(S(=O)(=O)CC5CCOCC5)cc4)nn3)[C@H]2O)[C@](C)(O)C[C@@H](C)CN(C)[C@H](C)[C@@H](O)[C@]1(C)O. The smallest absolute Gasteiger partial charge is 0.311 e. The van der Waals surface area contributed by atoms with E-state index in [2.05, 4.69) is 10.3 Å². The van der Waals surface area contributed by atoms with Gasteiger partial charge >= 0.3 is 5.97 Å². The highest BCUT2D eigenvalue weighted by molar-refractivity contribution is 7.91. The molecule has 2 aromatic rings. The van der Waals surface area contributed by atoms with Gasteiger partial charge in [-0.05, 0) is 124 Å². The predicted octanol–water partition coefficient (Wildman–Crippen LogP) is 4.20. The van der Waals surface area contributed by atoms with Crippen LogP contribution in [0.15, 0.2) is 35.4 Å². The van der Waals surface area contributed by atoms with E-state index in [1.165, 1.54) is 38.0 Å². The lowest BCUT2D eigenvalue weighted by atomic mass is 9.77. The first-order valence-electron chi connectivity index (χ1n) is 28.7. The number of rotatable bonds is 18. The first-order valence-corrected chi connectivity index (χ1v) is 30.3. The second-order valence-electron chi connectivity index (χ2n) is 24.4. The number of sulfone groups is 1. The molecule has 4 fully saturated rings. The van der Waals surface area contributed by atoms with Gasteiger partial charge in [-0.15, -0.1) is 5.10 Å². The Bertz CT molecular complexity index is 2360. The summed E-state index contributed by atoms with van der Waals surface area (Å²) in [5.41, 5.74) is -3.52. The van der Waals surface area contributed by atoms with E-state index in [0.717, 1.165) is 0 Å². The Morgan fingerprint density at radius 3 is 2.23 bits per heavy atom. The summed E-state index contributed by atoms with van der Waals surface area (Å²) in [5, 5.41) is 68.6. The second-order valence-corrected chi connectivity index (χ2v) is 26.4. The third-order valence-electron chi connectivity index (χ3n) is 17.9. The fourth-order valence-corrected chi connectivity index (χ4v) is 14.4. The van der Waals surface area contributed by atoms with Crippen molar-refractivity contribution in [1.29, 1.82) is 0 Å². The molecule has 0 aliphatic carbocycles. The Morgan fingerprint density at radius 2 is 1.61 bits per heavy atom.